The largest absolute Gasteiger partial charge is 0.497 e. The number of para-hydroxylation sites is 1. The monoisotopic (exact) mass is 407 g/mol. The Labute approximate surface area is 172 Å². The predicted octanol–water partition coefficient (Wildman–Crippen LogP) is 3.15. The van der Waals surface area contributed by atoms with Crippen molar-refractivity contribution in [3.8, 4) is 5.75 Å². The fourth-order valence-electron chi connectivity index (χ4n) is 3.22. The highest BCUT2D eigenvalue weighted by molar-refractivity contribution is 5.90. The Kier molecular flexibility index (Phi) is 5.52. The molecule has 4 rings (SSSR count). The first-order valence-electron chi connectivity index (χ1n) is 9.67. The Morgan fingerprint density at radius 3 is 2.53 bits per heavy atom. The van der Waals surface area contributed by atoms with Crippen LogP contribution in [-0.4, -0.2) is 36.5 Å². The molecule has 3 aromatic rings. The van der Waals surface area contributed by atoms with E-state index in [-0.39, 0.29) is 23.1 Å². The summed E-state index contributed by atoms with van der Waals surface area (Å²) in [7, 11) is 1.60. The third-order valence-electron chi connectivity index (χ3n) is 4.98. The summed E-state index contributed by atoms with van der Waals surface area (Å²) >= 11 is 0. The Morgan fingerprint density at radius 1 is 1.10 bits per heavy atom. The first kappa shape index (κ1) is 19.7. The maximum absolute atomic E-state index is 12.7. The maximum atomic E-state index is 12.7. The molecular formula is C23H21NO6. The summed E-state index contributed by atoms with van der Waals surface area (Å²) in [5.74, 6) is -0.607. The van der Waals surface area contributed by atoms with Crippen molar-refractivity contribution in [2.45, 2.75) is 25.4 Å². The first-order valence-corrected chi connectivity index (χ1v) is 9.67. The van der Waals surface area contributed by atoms with Gasteiger partial charge in [-0.05, 0) is 42.7 Å². The smallest absolute Gasteiger partial charge is 0.374 e. The molecule has 30 heavy (non-hydrogen) atoms. The number of ether oxygens (including phenoxy) is 2. The number of rotatable bonds is 7. The van der Waals surface area contributed by atoms with E-state index in [1.807, 2.05) is 24.3 Å². The Morgan fingerprint density at radius 2 is 1.83 bits per heavy atom. The molecule has 1 fully saturated rings. The SMILES string of the molecule is COc1ccc(CN(C(=O)COC(=O)c2cc(=O)c3ccccc3o2)C2CC2)cc1. The highest BCUT2D eigenvalue weighted by Gasteiger charge is 2.33. The van der Waals surface area contributed by atoms with E-state index in [0.717, 1.165) is 30.2 Å². The van der Waals surface area contributed by atoms with Gasteiger partial charge in [-0.1, -0.05) is 24.3 Å². The third kappa shape index (κ3) is 4.35. The van der Waals surface area contributed by atoms with Crippen molar-refractivity contribution < 1.29 is 23.5 Å². The lowest BCUT2D eigenvalue weighted by Crippen LogP contribution is -2.36. The van der Waals surface area contributed by atoms with E-state index in [0.29, 0.717) is 17.5 Å². The zero-order valence-electron chi connectivity index (χ0n) is 16.5. The Hall–Kier alpha value is -3.61. The van der Waals surface area contributed by atoms with Gasteiger partial charge in [0.1, 0.15) is 11.3 Å². The zero-order valence-corrected chi connectivity index (χ0v) is 16.5. The molecule has 0 radical (unpaired) electrons. The van der Waals surface area contributed by atoms with Gasteiger partial charge in [-0.15, -0.1) is 0 Å². The number of carbonyl (C=O) groups is 2. The molecule has 1 aliphatic rings. The first-order chi connectivity index (χ1) is 14.5. The summed E-state index contributed by atoms with van der Waals surface area (Å²) in [6.45, 7) is 0.0120. The minimum absolute atomic E-state index is 0.150. The van der Waals surface area contributed by atoms with Gasteiger partial charge in [-0.25, -0.2) is 4.79 Å². The molecule has 0 N–H and O–H groups in total. The van der Waals surface area contributed by atoms with Crippen LogP contribution in [0.15, 0.2) is 63.8 Å². The number of amides is 1. The summed E-state index contributed by atoms with van der Waals surface area (Å²) in [6, 6.07) is 15.4. The van der Waals surface area contributed by atoms with Crippen molar-refractivity contribution in [3.05, 3.63) is 76.1 Å². The van der Waals surface area contributed by atoms with Crippen molar-refractivity contribution in [1.29, 1.82) is 0 Å². The van der Waals surface area contributed by atoms with Crippen LogP contribution in [0.2, 0.25) is 0 Å². The maximum Gasteiger partial charge on any atom is 0.374 e. The van der Waals surface area contributed by atoms with Crippen LogP contribution in [0, 0.1) is 0 Å². The molecular weight excluding hydrogens is 386 g/mol. The lowest BCUT2D eigenvalue weighted by atomic mass is 10.2. The lowest BCUT2D eigenvalue weighted by Gasteiger charge is -2.22. The second-order valence-electron chi connectivity index (χ2n) is 7.15. The second kappa shape index (κ2) is 8.41. The van der Waals surface area contributed by atoms with Gasteiger partial charge < -0.3 is 18.8 Å². The normalized spacial score (nSPS) is 13.1. The molecule has 1 amide bonds. The van der Waals surface area contributed by atoms with Crippen molar-refractivity contribution in [2.24, 2.45) is 0 Å². The average Bonchev–Trinajstić information content (AvgIpc) is 3.61. The van der Waals surface area contributed by atoms with Crippen molar-refractivity contribution >= 4 is 22.8 Å². The quantitative estimate of drug-likeness (QED) is 0.560. The minimum atomic E-state index is -0.841. The molecule has 0 saturated heterocycles. The summed E-state index contributed by atoms with van der Waals surface area (Å²) < 4.78 is 15.8. The van der Waals surface area contributed by atoms with Gasteiger partial charge in [0.15, 0.2) is 12.0 Å². The number of fused-ring (bicyclic) bond motifs is 1. The average molecular weight is 407 g/mol. The molecule has 0 unspecified atom stereocenters. The number of esters is 1. The van der Waals surface area contributed by atoms with Crippen LogP contribution >= 0.6 is 0 Å². The molecule has 0 spiro atoms. The summed E-state index contributed by atoms with van der Waals surface area (Å²) in [5, 5.41) is 0.379. The van der Waals surface area contributed by atoms with E-state index >= 15 is 0 Å². The molecule has 2 aromatic carbocycles. The number of methoxy groups -OCH3 is 1. The molecule has 7 heteroatoms. The molecule has 0 aliphatic heterocycles. The fourth-order valence-corrected chi connectivity index (χ4v) is 3.22. The summed E-state index contributed by atoms with van der Waals surface area (Å²) in [5.41, 5.74) is 0.916. The fraction of sp³-hybridized carbons (Fsp3) is 0.261. The van der Waals surface area contributed by atoms with Crippen molar-refractivity contribution in [2.75, 3.05) is 13.7 Å². The molecule has 1 saturated carbocycles. The number of carbonyl (C=O) groups excluding carboxylic acids is 2. The lowest BCUT2D eigenvalue weighted by molar-refractivity contribution is -0.135. The topological polar surface area (TPSA) is 86.0 Å². The number of hydrogen-bond donors (Lipinski definition) is 0. The number of hydrogen-bond acceptors (Lipinski definition) is 6. The highest BCUT2D eigenvalue weighted by atomic mass is 16.5. The van der Waals surface area contributed by atoms with Crippen LogP contribution in [0.4, 0.5) is 0 Å². The van der Waals surface area contributed by atoms with Gasteiger partial charge in [0, 0.05) is 18.7 Å². The molecule has 1 aliphatic carbocycles. The van der Waals surface area contributed by atoms with E-state index < -0.39 is 12.6 Å². The minimum Gasteiger partial charge on any atom is -0.497 e. The second-order valence-corrected chi connectivity index (χ2v) is 7.15. The number of nitrogens with zero attached hydrogens (tertiary/aromatic N) is 1. The molecule has 0 bridgehead atoms. The van der Waals surface area contributed by atoms with Gasteiger partial charge in [0.05, 0.1) is 12.5 Å². The van der Waals surface area contributed by atoms with Gasteiger partial charge in [0.2, 0.25) is 5.76 Å². The van der Waals surface area contributed by atoms with Crippen molar-refractivity contribution in [3.63, 3.8) is 0 Å². The van der Waals surface area contributed by atoms with Gasteiger partial charge in [-0.2, -0.15) is 0 Å². The summed E-state index contributed by atoms with van der Waals surface area (Å²) in [6.07, 6.45) is 1.85. The molecule has 1 aromatic heterocycles. The van der Waals surface area contributed by atoms with E-state index in [9.17, 15) is 14.4 Å². The van der Waals surface area contributed by atoms with Crippen LogP contribution in [0.3, 0.4) is 0 Å². The van der Waals surface area contributed by atoms with E-state index in [1.54, 1.807) is 36.3 Å². The van der Waals surface area contributed by atoms with Crippen LogP contribution in [0.1, 0.15) is 29.0 Å². The van der Waals surface area contributed by atoms with Crippen LogP contribution in [0.5, 0.6) is 5.75 Å². The number of benzene rings is 2. The van der Waals surface area contributed by atoms with Gasteiger partial charge in [0.25, 0.3) is 5.91 Å². The third-order valence-corrected chi connectivity index (χ3v) is 4.98. The van der Waals surface area contributed by atoms with E-state index in [1.165, 1.54) is 0 Å². The van der Waals surface area contributed by atoms with Crippen LogP contribution < -0.4 is 10.2 Å². The molecule has 154 valence electrons. The predicted molar refractivity (Wildman–Crippen MR) is 109 cm³/mol. The Bertz CT molecular complexity index is 1130. The van der Waals surface area contributed by atoms with Gasteiger partial charge >= 0.3 is 5.97 Å². The molecule has 7 nitrogen and oxygen atoms in total. The van der Waals surface area contributed by atoms with Crippen LogP contribution in [-0.2, 0) is 16.1 Å². The molecule has 1 heterocycles. The van der Waals surface area contributed by atoms with Crippen LogP contribution in [0.25, 0.3) is 11.0 Å². The zero-order chi connectivity index (χ0) is 21.1. The van der Waals surface area contributed by atoms with Gasteiger partial charge in [-0.3, -0.25) is 9.59 Å². The van der Waals surface area contributed by atoms with Crippen molar-refractivity contribution in [1.82, 2.24) is 4.90 Å². The highest BCUT2D eigenvalue weighted by Crippen LogP contribution is 2.29. The standard InChI is InChI=1S/C23H21NO6/c1-28-17-10-6-15(7-11-17)13-24(16-8-9-16)22(26)14-29-23(27)21-12-19(25)18-4-2-3-5-20(18)30-21/h2-7,10-12,16H,8-9,13-14H2,1H3. The molecule has 0 atom stereocenters. The van der Waals surface area contributed by atoms with E-state index in [4.69, 9.17) is 13.9 Å². The summed E-state index contributed by atoms with van der Waals surface area (Å²) in [4.78, 5) is 38.9. The van der Waals surface area contributed by atoms with E-state index in [2.05, 4.69) is 0 Å². The Balaban J connectivity index is 1.42.